The summed E-state index contributed by atoms with van der Waals surface area (Å²) in [6.07, 6.45) is 6.84. The van der Waals surface area contributed by atoms with Crippen LogP contribution in [0.3, 0.4) is 0 Å². The maximum absolute atomic E-state index is 12.1. The number of ether oxygens (including phenoxy) is 3. The van der Waals surface area contributed by atoms with Gasteiger partial charge in [0.05, 0.1) is 26.2 Å². The van der Waals surface area contributed by atoms with Gasteiger partial charge < -0.3 is 34.6 Å². The number of hydrogen-bond acceptors (Lipinski definition) is 9. The second-order valence-electron chi connectivity index (χ2n) is 10.8. The van der Waals surface area contributed by atoms with Crippen LogP contribution >= 0.6 is 0 Å². The monoisotopic (exact) mass is 628 g/mol. The van der Waals surface area contributed by atoms with E-state index in [1.165, 1.54) is 26.4 Å². The van der Waals surface area contributed by atoms with Crippen LogP contribution in [0.2, 0.25) is 0 Å². The average Bonchev–Trinajstić information content (AvgIpc) is 3.80. The third kappa shape index (κ3) is 13.9. The Kier molecular flexibility index (Phi) is 15.6. The molecule has 0 heterocycles. The molecule has 0 aromatic heterocycles. The van der Waals surface area contributed by atoms with Crippen molar-refractivity contribution in [3.05, 3.63) is 59.7 Å². The van der Waals surface area contributed by atoms with Crippen LogP contribution in [0.1, 0.15) is 63.0 Å². The van der Waals surface area contributed by atoms with Crippen LogP contribution < -0.4 is 9.47 Å². The molecule has 45 heavy (non-hydrogen) atoms. The number of aryl methyl sites for hydroxylation is 2. The number of carbonyl (C=O) groups is 4. The van der Waals surface area contributed by atoms with E-state index in [0.29, 0.717) is 69.5 Å². The van der Waals surface area contributed by atoms with Gasteiger partial charge in [-0.1, -0.05) is 18.2 Å². The van der Waals surface area contributed by atoms with E-state index in [4.69, 9.17) is 24.4 Å². The number of carboxylic acids is 2. The Morgan fingerprint density at radius 3 is 1.96 bits per heavy atom. The Hall–Kier alpha value is -4.38. The van der Waals surface area contributed by atoms with Crippen molar-refractivity contribution >= 4 is 23.5 Å². The molecule has 0 aliphatic heterocycles. The van der Waals surface area contributed by atoms with Gasteiger partial charge in [-0.25, -0.2) is 0 Å². The van der Waals surface area contributed by atoms with Crippen molar-refractivity contribution < 1.29 is 53.8 Å². The standard InChI is InChI=1S/C18H26O6.C16H18O5/c1-3-24-15(5-4-6-18(21)22)12-14(19)9-7-13-8-10-16(20)17(11-13)23-2;1-21-15-8-10(3-7-14(15)18)2-5-12(17)6-4-11-9-13(11)16(19)20/h8,10-11,15,20H,3-7,9,12H2,1-2H3,(H,21,22);3-4,6-8,11,13,18H,2,5,9H2,1H3,(H,19,20)/b;6-4+. The fraction of sp³-hybridized carbons (Fsp3) is 0.471. The zero-order chi connectivity index (χ0) is 33.4. The quantitative estimate of drug-likeness (QED) is 0.152. The molecule has 2 aromatic carbocycles. The van der Waals surface area contributed by atoms with E-state index in [9.17, 15) is 29.4 Å². The summed E-state index contributed by atoms with van der Waals surface area (Å²) in [7, 11) is 2.95. The molecular weight excluding hydrogens is 584 g/mol. The lowest BCUT2D eigenvalue weighted by Gasteiger charge is -2.16. The number of Topliss-reactive ketones (excluding diaryl/α,β-unsaturated/α-hetero) is 1. The summed E-state index contributed by atoms with van der Waals surface area (Å²) in [5.41, 5.74) is 1.82. The first-order chi connectivity index (χ1) is 21.5. The highest BCUT2D eigenvalue weighted by Crippen LogP contribution is 2.39. The van der Waals surface area contributed by atoms with Crippen molar-refractivity contribution in [1.82, 2.24) is 0 Å². The number of aliphatic carboxylic acids is 2. The number of rotatable bonds is 19. The number of aromatic hydroxyl groups is 2. The first-order valence-corrected chi connectivity index (χ1v) is 15.0. The zero-order valence-corrected chi connectivity index (χ0v) is 26.1. The maximum Gasteiger partial charge on any atom is 0.307 e. The number of carbonyl (C=O) groups excluding carboxylic acids is 2. The fourth-order valence-corrected chi connectivity index (χ4v) is 4.65. The second kappa shape index (κ2) is 19.1. The summed E-state index contributed by atoms with van der Waals surface area (Å²) < 4.78 is 15.6. The van der Waals surface area contributed by atoms with E-state index >= 15 is 0 Å². The predicted molar refractivity (Wildman–Crippen MR) is 166 cm³/mol. The largest absolute Gasteiger partial charge is 0.504 e. The SMILES string of the molecule is CCOC(CCCC(=O)O)CC(=O)CCc1ccc(O)c(OC)c1.COc1cc(CCC(=O)/C=C/C2CC2C(=O)O)ccc1O. The van der Waals surface area contributed by atoms with Gasteiger partial charge in [-0.05, 0) is 86.4 Å². The van der Waals surface area contributed by atoms with Gasteiger partial charge in [0.25, 0.3) is 0 Å². The Labute approximate surface area is 263 Å². The van der Waals surface area contributed by atoms with E-state index in [0.717, 1.165) is 11.1 Å². The van der Waals surface area contributed by atoms with Crippen LogP contribution in [0.5, 0.6) is 23.0 Å². The van der Waals surface area contributed by atoms with Crippen LogP contribution in [0.25, 0.3) is 0 Å². The molecule has 1 aliphatic rings. The molecule has 246 valence electrons. The number of ketones is 2. The molecule has 0 radical (unpaired) electrons. The van der Waals surface area contributed by atoms with Crippen LogP contribution in [0.15, 0.2) is 48.6 Å². The third-order valence-corrected chi connectivity index (χ3v) is 7.30. The molecule has 0 bridgehead atoms. The molecule has 3 rings (SSSR count). The summed E-state index contributed by atoms with van der Waals surface area (Å²) in [5.74, 6) is -0.988. The number of carboxylic acid groups (broad SMARTS) is 2. The van der Waals surface area contributed by atoms with Crippen LogP contribution in [-0.2, 0) is 36.8 Å². The molecule has 11 nitrogen and oxygen atoms in total. The first kappa shape index (κ1) is 36.8. The van der Waals surface area contributed by atoms with Gasteiger partial charge in [0.15, 0.2) is 28.8 Å². The van der Waals surface area contributed by atoms with Gasteiger partial charge in [-0.2, -0.15) is 0 Å². The van der Waals surface area contributed by atoms with Gasteiger partial charge in [-0.15, -0.1) is 0 Å². The molecule has 1 saturated carbocycles. The van der Waals surface area contributed by atoms with E-state index in [-0.39, 0.29) is 47.4 Å². The highest BCUT2D eigenvalue weighted by atomic mass is 16.5. The number of hydrogen-bond donors (Lipinski definition) is 4. The molecule has 4 N–H and O–H groups in total. The molecule has 1 fully saturated rings. The minimum absolute atomic E-state index is 0.000200. The molecule has 0 saturated heterocycles. The van der Waals surface area contributed by atoms with Crippen LogP contribution in [0.4, 0.5) is 0 Å². The van der Waals surface area contributed by atoms with E-state index < -0.39 is 11.9 Å². The number of benzene rings is 2. The summed E-state index contributed by atoms with van der Waals surface area (Å²) in [6, 6.07) is 10.0. The lowest BCUT2D eigenvalue weighted by Crippen LogP contribution is -2.18. The fourth-order valence-electron chi connectivity index (χ4n) is 4.65. The van der Waals surface area contributed by atoms with Crippen molar-refractivity contribution in [3.63, 3.8) is 0 Å². The molecule has 0 amide bonds. The molecule has 1 aliphatic carbocycles. The minimum Gasteiger partial charge on any atom is -0.504 e. The van der Waals surface area contributed by atoms with E-state index in [2.05, 4.69) is 0 Å². The number of allylic oxidation sites excluding steroid dienone is 2. The topological polar surface area (TPSA) is 177 Å². The Bertz CT molecular complexity index is 1320. The first-order valence-electron chi connectivity index (χ1n) is 15.0. The molecule has 3 atom stereocenters. The van der Waals surface area contributed by atoms with Gasteiger partial charge >= 0.3 is 11.9 Å². The van der Waals surface area contributed by atoms with Gasteiger partial charge in [0.2, 0.25) is 0 Å². The molecule has 11 heteroatoms. The predicted octanol–water partition coefficient (Wildman–Crippen LogP) is 5.13. The highest BCUT2D eigenvalue weighted by Gasteiger charge is 2.41. The Morgan fingerprint density at radius 2 is 1.47 bits per heavy atom. The smallest absolute Gasteiger partial charge is 0.307 e. The van der Waals surface area contributed by atoms with Crippen molar-refractivity contribution in [2.75, 3.05) is 20.8 Å². The summed E-state index contributed by atoms with van der Waals surface area (Å²) in [4.78, 5) is 45.1. The van der Waals surface area contributed by atoms with Crippen molar-refractivity contribution in [3.8, 4) is 23.0 Å². The van der Waals surface area contributed by atoms with Gasteiger partial charge in [-0.3, -0.25) is 19.2 Å². The molecule has 2 aromatic rings. The number of phenols is 2. The van der Waals surface area contributed by atoms with Gasteiger partial charge in [0, 0.05) is 32.3 Å². The van der Waals surface area contributed by atoms with Crippen molar-refractivity contribution in [2.24, 2.45) is 11.8 Å². The maximum atomic E-state index is 12.1. The van der Waals surface area contributed by atoms with E-state index in [1.54, 1.807) is 36.4 Å². The van der Waals surface area contributed by atoms with Crippen molar-refractivity contribution in [2.45, 2.75) is 70.8 Å². The lowest BCUT2D eigenvalue weighted by atomic mass is 10.0. The normalized spacial score (nSPS) is 15.9. The number of phenolic OH excluding ortho intramolecular Hbond substituents is 2. The molecular formula is C34H44O11. The zero-order valence-electron chi connectivity index (χ0n) is 26.1. The summed E-state index contributed by atoms with van der Waals surface area (Å²) in [6.45, 7) is 2.36. The molecule has 3 unspecified atom stereocenters. The second-order valence-corrected chi connectivity index (χ2v) is 10.8. The lowest BCUT2D eigenvalue weighted by molar-refractivity contribution is -0.139. The van der Waals surface area contributed by atoms with Crippen LogP contribution in [-0.4, -0.2) is 70.9 Å². The van der Waals surface area contributed by atoms with Gasteiger partial charge in [0.1, 0.15) is 5.78 Å². The minimum atomic E-state index is -0.835. The Balaban J connectivity index is 0.000000316. The average molecular weight is 629 g/mol. The van der Waals surface area contributed by atoms with Crippen molar-refractivity contribution in [1.29, 1.82) is 0 Å². The Morgan fingerprint density at radius 1 is 0.889 bits per heavy atom. The highest BCUT2D eigenvalue weighted by molar-refractivity contribution is 5.90. The van der Waals surface area contributed by atoms with E-state index in [1.807, 2.05) is 6.92 Å². The summed E-state index contributed by atoms with van der Waals surface area (Å²) >= 11 is 0. The number of methoxy groups -OCH3 is 2. The molecule has 0 spiro atoms. The third-order valence-electron chi connectivity index (χ3n) is 7.30. The summed E-state index contributed by atoms with van der Waals surface area (Å²) in [5, 5.41) is 36.5. The van der Waals surface area contributed by atoms with Crippen LogP contribution in [0, 0.1) is 11.8 Å².